The van der Waals surface area contributed by atoms with Crippen LogP contribution in [0.1, 0.15) is 4.88 Å². The summed E-state index contributed by atoms with van der Waals surface area (Å²) in [5, 5.41) is 8.68. The highest BCUT2D eigenvalue weighted by Crippen LogP contribution is 2.18. The number of nitriles is 1. The Bertz CT molecular complexity index is 328. The number of nitrogens with zero attached hydrogens (tertiary/aromatic N) is 2. The molecule has 5 nitrogen and oxygen atoms in total. The molecule has 6 heteroatoms. The first-order valence-corrected chi connectivity index (χ1v) is 3.81. The van der Waals surface area contributed by atoms with Gasteiger partial charge in [-0.2, -0.15) is 5.26 Å². The van der Waals surface area contributed by atoms with Crippen LogP contribution in [0.2, 0.25) is 0 Å². The summed E-state index contributed by atoms with van der Waals surface area (Å²) in [4.78, 5) is 14.4. The van der Waals surface area contributed by atoms with Crippen LogP contribution in [0.4, 0.5) is 0 Å². The lowest BCUT2D eigenvalue weighted by atomic mass is 10.6. The number of amides is 1. The molecule has 1 rings (SSSR count). The maximum atomic E-state index is 10.3. The number of aromatic nitrogens is 1. The van der Waals surface area contributed by atoms with Crippen molar-refractivity contribution in [1.29, 1.82) is 5.26 Å². The third kappa shape index (κ3) is 2.21. The van der Waals surface area contributed by atoms with E-state index in [1.165, 1.54) is 6.20 Å². The molecule has 0 radical (unpaired) electrons. The minimum atomic E-state index is -0.566. The van der Waals surface area contributed by atoms with Crippen molar-refractivity contribution in [3.05, 3.63) is 11.1 Å². The number of carbonyl (C=O) groups is 1. The maximum absolute atomic E-state index is 10.3. The second-order valence-corrected chi connectivity index (χ2v) is 2.85. The summed E-state index contributed by atoms with van der Waals surface area (Å²) < 4.78 is 4.83. The first-order valence-electron chi connectivity index (χ1n) is 2.99. The van der Waals surface area contributed by atoms with Crippen LogP contribution in [-0.4, -0.2) is 17.5 Å². The molecule has 0 aromatic carbocycles. The van der Waals surface area contributed by atoms with Gasteiger partial charge < -0.3 is 10.5 Å². The van der Waals surface area contributed by atoms with Gasteiger partial charge in [0, 0.05) is 0 Å². The number of hydrogen-bond donors (Lipinski definition) is 1. The minimum Gasteiger partial charge on any atom is -0.460 e. The summed E-state index contributed by atoms with van der Waals surface area (Å²) in [6, 6.07) is 1.89. The smallest absolute Gasteiger partial charge is 0.274 e. The van der Waals surface area contributed by atoms with Gasteiger partial charge in [0.05, 0.1) is 6.20 Å². The van der Waals surface area contributed by atoms with Crippen LogP contribution >= 0.6 is 11.3 Å². The maximum Gasteiger partial charge on any atom is 0.274 e. The van der Waals surface area contributed by atoms with E-state index in [-0.39, 0.29) is 11.8 Å². The Hall–Kier alpha value is -1.61. The number of rotatable bonds is 3. The van der Waals surface area contributed by atoms with Crippen molar-refractivity contribution in [2.45, 2.75) is 0 Å². The molecule has 12 heavy (non-hydrogen) atoms. The van der Waals surface area contributed by atoms with E-state index in [1.807, 2.05) is 6.07 Å². The summed E-state index contributed by atoms with van der Waals surface area (Å²) in [6.45, 7) is -0.210. The van der Waals surface area contributed by atoms with E-state index in [0.29, 0.717) is 4.88 Å². The number of carbonyl (C=O) groups excluding carboxylic acids is 1. The molecule has 0 aliphatic carbocycles. The van der Waals surface area contributed by atoms with E-state index >= 15 is 0 Å². The standard InChI is InChI=1S/C6H5N3O2S/c7-1-4-2-9-6(12-4)11-3-5(8)10/h2H,3H2,(H2,8,10). The van der Waals surface area contributed by atoms with Crippen LogP contribution < -0.4 is 10.5 Å². The third-order valence-electron chi connectivity index (χ3n) is 0.933. The average Bonchev–Trinajstić information content (AvgIpc) is 2.48. The molecule has 1 aromatic rings. The molecule has 1 aromatic heterocycles. The fraction of sp³-hybridized carbons (Fsp3) is 0.167. The summed E-state index contributed by atoms with van der Waals surface area (Å²) in [5.74, 6) is -0.566. The topological polar surface area (TPSA) is 89.0 Å². The highest BCUT2D eigenvalue weighted by molar-refractivity contribution is 7.13. The second-order valence-electron chi connectivity index (χ2n) is 1.86. The molecule has 0 spiro atoms. The van der Waals surface area contributed by atoms with Gasteiger partial charge in [-0.15, -0.1) is 0 Å². The van der Waals surface area contributed by atoms with Gasteiger partial charge in [0.25, 0.3) is 11.1 Å². The molecule has 0 fully saturated rings. The predicted octanol–water partition coefficient (Wildman–Crippen LogP) is -0.121. The quantitative estimate of drug-likeness (QED) is 0.707. The third-order valence-corrected chi connectivity index (χ3v) is 1.75. The van der Waals surface area contributed by atoms with Crippen molar-refractivity contribution in [3.8, 4) is 11.3 Å². The van der Waals surface area contributed by atoms with Gasteiger partial charge >= 0.3 is 0 Å². The Balaban J connectivity index is 2.54. The molecule has 2 N–H and O–H groups in total. The van der Waals surface area contributed by atoms with E-state index in [2.05, 4.69) is 4.98 Å². The zero-order chi connectivity index (χ0) is 8.97. The number of thiazole rings is 1. The van der Waals surface area contributed by atoms with Crippen molar-refractivity contribution in [1.82, 2.24) is 4.98 Å². The highest BCUT2D eigenvalue weighted by Gasteiger charge is 2.02. The lowest BCUT2D eigenvalue weighted by Crippen LogP contribution is -2.19. The van der Waals surface area contributed by atoms with Gasteiger partial charge in [0.1, 0.15) is 10.9 Å². The van der Waals surface area contributed by atoms with Crippen LogP contribution in [0.25, 0.3) is 0 Å². The van der Waals surface area contributed by atoms with Crippen LogP contribution in [0.15, 0.2) is 6.20 Å². The van der Waals surface area contributed by atoms with Gasteiger partial charge in [-0.1, -0.05) is 11.3 Å². The molecular weight excluding hydrogens is 178 g/mol. The monoisotopic (exact) mass is 183 g/mol. The highest BCUT2D eigenvalue weighted by atomic mass is 32.1. The van der Waals surface area contributed by atoms with Gasteiger partial charge in [0.2, 0.25) is 0 Å². The molecule has 0 bridgehead atoms. The lowest BCUT2D eigenvalue weighted by molar-refractivity contribution is -0.119. The Morgan fingerprint density at radius 2 is 2.67 bits per heavy atom. The Morgan fingerprint density at radius 3 is 3.17 bits per heavy atom. The average molecular weight is 183 g/mol. The van der Waals surface area contributed by atoms with Crippen molar-refractivity contribution in [3.63, 3.8) is 0 Å². The van der Waals surface area contributed by atoms with Crippen LogP contribution in [0.5, 0.6) is 5.19 Å². The fourth-order valence-electron chi connectivity index (χ4n) is 0.509. The molecule has 0 saturated heterocycles. The predicted molar refractivity (Wildman–Crippen MR) is 41.5 cm³/mol. The van der Waals surface area contributed by atoms with Gasteiger partial charge in [0.15, 0.2) is 6.61 Å². The number of nitrogens with two attached hydrogens (primary N) is 1. The van der Waals surface area contributed by atoms with Crippen LogP contribution in [0.3, 0.4) is 0 Å². The molecule has 0 aliphatic heterocycles. The van der Waals surface area contributed by atoms with Crippen LogP contribution in [-0.2, 0) is 4.79 Å². The lowest BCUT2D eigenvalue weighted by Gasteiger charge is -1.95. The van der Waals surface area contributed by atoms with E-state index in [0.717, 1.165) is 11.3 Å². The van der Waals surface area contributed by atoms with Gasteiger partial charge in [-0.05, 0) is 0 Å². The number of primary amides is 1. The van der Waals surface area contributed by atoms with Crippen LogP contribution in [0, 0.1) is 11.3 Å². The van der Waals surface area contributed by atoms with E-state index in [9.17, 15) is 4.79 Å². The van der Waals surface area contributed by atoms with E-state index < -0.39 is 5.91 Å². The fourth-order valence-corrected chi connectivity index (χ4v) is 1.07. The Labute approximate surface area is 72.4 Å². The van der Waals surface area contributed by atoms with E-state index in [4.69, 9.17) is 15.7 Å². The first-order chi connectivity index (χ1) is 5.72. The molecule has 0 saturated carbocycles. The van der Waals surface area contributed by atoms with Crippen molar-refractivity contribution in [2.75, 3.05) is 6.61 Å². The van der Waals surface area contributed by atoms with E-state index in [1.54, 1.807) is 0 Å². The summed E-state index contributed by atoms with van der Waals surface area (Å²) >= 11 is 1.07. The summed E-state index contributed by atoms with van der Waals surface area (Å²) in [6.07, 6.45) is 1.38. The number of ether oxygens (including phenoxy) is 1. The molecule has 62 valence electrons. The summed E-state index contributed by atoms with van der Waals surface area (Å²) in [7, 11) is 0. The minimum absolute atomic E-state index is 0.210. The van der Waals surface area contributed by atoms with Gasteiger partial charge in [-0.25, -0.2) is 4.98 Å². The number of hydrogen-bond acceptors (Lipinski definition) is 5. The second kappa shape index (κ2) is 3.69. The Morgan fingerprint density at radius 1 is 1.92 bits per heavy atom. The molecule has 0 aliphatic rings. The normalized spacial score (nSPS) is 8.92. The SMILES string of the molecule is N#Cc1cnc(OCC(N)=O)s1. The largest absolute Gasteiger partial charge is 0.460 e. The summed E-state index contributed by atoms with van der Waals surface area (Å²) in [5.41, 5.74) is 4.83. The molecular formula is C6H5N3O2S. The van der Waals surface area contributed by atoms with Crippen molar-refractivity contribution in [2.24, 2.45) is 5.73 Å². The molecule has 0 unspecified atom stereocenters. The zero-order valence-electron chi connectivity index (χ0n) is 5.98. The Kier molecular flexibility index (Phi) is 2.61. The first kappa shape index (κ1) is 8.49. The zero-order valence-corrected chi connectivity index (χ0v) is 6.80. The van der Waals surface area contributed by atoms with Crippen molar-refractivity contribution >= 4 is 17.2 Å². The van der Waals surface area contributed by atoms with Gasteiger partial charge in [-0.3, -0.25) is 4.79 Å². The molecule has 1 heterocycles. The van der Waals surface area contributed by atoms with Crippen molar-refractivity contribution < 1.29 is 9.53 Å². The molecule has 0 atom stereocenters. The molecule has 1 amide bonds.